The first-order chi connectivity index (χ1) is 10.8. The molecule has 23 heavy (non-hydrogen) atoms. The number of rotatable bonds is 2. The smallest absolute Gasteiger partial charge is 0.228 e. The Morgan fingerprint density at radius 1 is 1.13 bits per heavy atom. The molecule has 2 unspecified atom stereocenters. The Hall–Kier alpha value is -1.10. The van der Waals surface area contributed by atoms with Crippen LogP contribution < -0.4 is 5.32 Å². The highest BCUT2D eigenvalue weighted by Crippen LogP contribution is 2.37. The summed E-state index contributed by atoms with van der Waals surface area (Å²) in [4.78, 5) is 15.1. The average molecular weight is 337 g/mol. The molecule has 1 N–H and O–H groups in total. The van der Waals surface area contributed by atoms with Crippen molar-refractivity contribution in [1.29, 1.82) is 0 Å². The summed E-state index contributed by atoms with van der Waals surface area (Å²) in [5.41, 5.74) is 1.14. The van der Waals surface area contributed by atoms with Crippen molar-refractivity contribution < 1.29 is 9.53 Å². The molecule has 126 valence electrons. The van der Waals surface area contributed by atoms with Gasteiger partial charge in [-0.1, -0.05) is 30.3 Å². The molecular formula is C18H25ClN2O2. The lowest BCUT2D eigenvalue weighted by atomic mass is 9.88. The van der Waals surface area contributed by atoms with Crippen LogP contribution in [-0.2, 0) is 9.53 Å². The zero-order valence-electron chi connectivity index (χ0n) is 13.3. The summed E-state index contributed by atoms with van der Waals surface area (Å²) in [5, 5.41) is 3.44. The molecule has 1 aromatic rings. The number of ether oxygens (including phenoxy) is 1. The average Bonchev–Trinajstić information content (AvgIpc) is 3.17. The number of fused-ring (bicyclic) bond motifs is 1. The van der Waals surface area contributed by atoms with Crippen LogP contribution >= 0.6 is 12.4 Å². The van der Waals surface area contributed by atoms with Crippen molar-refractivity contribution in [3.8, 4) is 0 Å². The maximum atomic E-state index is 13.0. The molecule has 0 bridgehead atoms. The second kappa shape index (κ2) is 7.20. The number of carbonyl (C=O) groups excluding carboxylic acids is 1. The lowest BCUT2D eigenvalue weighted by molar-refractivity contribution is -0.144. The summed E-state index contributed by atoms with van der Waals surface area (Å²) in [6.07, 6.45) is 1.87. The molecule has 4 rings (SSSR count). The van der Waals surface area contributed by atoms with Gasteiger partial charge in [0.1, 0.15) is 0 Å². The number of hydrogen-bond acceptors (Lipinski definition) is 3. The predicted octanol–water partition coefficient (Wildman–Crippen LogP) is 2.25. The summed E-state index contributed by atoms with van der Waals surface area (Å²) in [6, 6.07) is 10.2. The van der Waals surface area contributed by atoms with Gasteiger partial charge < -0.3 is 15.0 Å². The third-order valence-corrected chi connectivity index (χ3v) is 5.47. The molecule has 3 fully saturated rings. The van der Waals surface area contributed by atoms with E-state index in [1.54, 1.807) is 0 Å². The van der Waals surface area contributed by atoms with E-state index in [0.29, 0.717) is 17.7 Å². The first kappa shape index (κ1) is 16.7. The molecule has 5 heteroatoms. The molecule has 3 aliphatic rings. The summed E-state index contributed by atoms with van der Waals surface area (Å²) < 4.78 is 5.99. The quantitative estimate of drug-likeness (QED) is 0.900. The minimum atomic E-state index is -0.0685. The summed E-state index contributed by atoms with van der Waals surface area (Å²) in [7, 11) is 0. The van der Waals surface area contributed by atoms with E-state index in [1.165, 1.54) is 0 Å². The Morgan fingerprint density at radius 2 is 1.83 bits per heavy atom. The molecule has 0 aromatic heterocycles. The molecule has 0 aliphatic carbocycles. The Labute approximate surface area is 144 Å². The van der Waals surface area contributed by atoms with Crippen LogP contribution in [-0.4, -0.2) is 43.6 Å². The number of benzene rings is 1. The molecule has 0 radical (unpaired) electrons. The van der Waals surface area contributed by atoms with Gasteiger partial charge in [0.2, 0.25) is 5.91 Å². The van der Waals surface area contributed by atoms with E-state index < -0.39 is 0 Å². The summed E-state index contributed by atoms with van der Waals surface area (Å²) in [5.74, 6) is 1.61. The zero-order valence-corrected chi connectivity index (χ0v) is 14.1. The van der Waals surface area contributed by atoms with Crippen molar-refractivity contribution in [2.24, 2.45) is 17.8 Å². The van der Waals surface area contributed by atoms with Crippen molar-refractivity contribution >= 4 is 18.3 Å². The van der Waals surface area contributed by atoms with Gasteiger partial charge in [-0.3, -0.25) is 4.79 Å². The molecule has 3 heterocycles. The molecule has 1 amide bonds. The van der Waals surface area contributed by atoms with E-state index in [4.69, 9.17) is 4.74 Å². The largest absolute Gasteiger partial charge is 0.373 e. The minimum Gasteiger partial charge on any atom is -0.373 e. The third kappa shape index (κ3) is 3.25. The zero-order chi connectivity index (χ0) is 14.9. The second-order valence-electron chi connectivity index (χ2n) is 6.87. The Bertz CT molecular complexity index is 527. The maximum absolute atomic E-state index is 13.0. The predicted molar refractivity (Wildman–Crippen MR) is 91.5 cm³/mol. The second-order valence-corrected chi connectivity index (χ2v) is 6.87. The third-order valence-electron chi connectivity index (χ3n) is 5.47. The van der Waals surface area contributed by atoms with E-state index >= 15 is 0 Å². The molecule has 3 saturated heterocycles. The fourth-order valence-electron chi connectivity index (χ4n) is 4.28. The van der Waals surface area contributed by atoms with Crippen molar-refractivity contribution in [1.82, 2.24) is 10.2 Å². The Morgan fingerprint density at radius 3 is 2.52 bits per heavy atom. The topological polar surface area (TPSA) is 41.6 Å². The minimum absolute atomic E-state index is 0. The number of likely N-dealkylation sites (tertiary alicyclic amines) is 1. The van der Waals surface area contributed by atoms with Crippen LogP contribution in [0.3, 0.4) is 0 Å². The van der Waals surface area contributed by atoms with Crippen LogP contribution in [0.4, 0.5) is 0 Å². The van der Waals surface area contributed by atoms with Gasteiger partial charge in [-0.05, 0) is 30.2 Å². The first-order valence-electron chi connectivity index (χ1n) is 8.49. The Balaban J connectivity index is 0.00000156. The molecule has 4 atom stereocenters. The standard InChI is InChI=1S/C18H24N2O2.ClH/c21-18(20-11-14-9-19-10-15(14)12-20)16-7-4-8-22-17(16)13-5-2-1-3-6-13;/h1-3,5-6,14-17,19H,4,7-12H2;1H/t14-,15+,16?,17?;. The van der Waals surface area contributed by atoms with Crippen molar-refractivity contribution in [3.63, 3.8) is 0 Å². The summed E-state index contributed by atoms with van der Waals surface area (Å²) in [6.45, 7) is 4.75. The molecular weight excluding hydrogens is 312 g/mol. The van der Waals surface area contributed by atoms with Crippen LogP contribution in [0.2, 0.25) is 0 Å². The van der Waals surface area contributed by atoms with Gasteiger partial charge in [-0.15, -0.1) is 12.4 Å². The van der Waals surface area contributed by atoms with Gasteiger partial charge in [0, 0.05) is 32.8 Å². The fraction of sp³-hybridized carbons (Fsp3) is 0.611. The highest BCUT2D eigenvalue weighted by Gasteiger charge is 2.42. The van der Waals surface area contributed by atoms with Gasteiger partial charge in [0.25, 0.3) is 0 Å². The normalized spacial score (nSPS) is 33.1. The SMILES string of the molecule is Cl.O=C(C1CCCOC1c1ccccc1)N1C[C@H]2CNC[C@H]2C1. The van der Waals surface area contributed by atoms with E-state index in [-0.39, 0.29) is 24.4 Å². The number of nitrogens with one attached hydrogen (secondary N) is 1. The first-order valence-corrected chi connectivity index (χ1v) is 8.49. The van der Waals surface area contributed by atoms with E-state index in [1.807, 2.05) is 18.2 Å². The van der Waals surface area contributed by atoms with Gasteiger partial charge in [0.05, 0.1) is 12.0 Å². The van der Waals surface area contributed by atoms with Crippen molar-refractivity contribution in [3.05, 3.63) is 35.9 Å². The maximum Gasteiger partial charge on any atom is 0.228 e. The Kier molecular flexibility index (Phi) is 5.24. The highest BCUT2D eigenvalue weighted by molar-refractivity contribution is 5.85. The molecule has 1 aromatic carbocycles. The summed E-state index contributed by atoms with van der Waals surface area (Å²) >= 11 is 0. The van der Waals surface area contributed by atoms with Gasteiger partial charge in [0.15, 0.2) is 0 Å². The number of carbonyl (C=O) groups is 1. The number of amides is 1. The van der Waals surface area contributed by atoms with Gasteiger partial charge in [-0.2, -0.15) is 0 Å². The van der Waals surface area contributed by atoms with Crippen LogP contribution in [0, 0.1) is 17.8 Å². The number of nitrogens with zero attached hydrogens (tertiary/aromatic N) is 1. The lowest BCUT2D eigenvalue weighted by Gasteiger charge is -2.34. The fourth-order valence-corrected chi connectivity index (χ4v) is 4.28. The molecule has 0 spiro atoms. The van der Waals surface area contributed by atoms with E-state index in [9.17, 15) is 4.79 Å². The van der Waals surface area contributed by atoms with E-state index in [2.05, 4.69) is 22.3 Å². The number of hydrogen-bond donors (Lipinski definition) is 1. The monoisotopic (exact) mass is 336 g/mol. The van der Waals surface area contributed by atoms with E-state index in [0.717, 1.165) is 51.2 Å². The number of halogens is 1. The highest BCUT2D eigenvalue weighted by atomic mass is 35.5. The van der Waals surface area contributed by atoms with Gasteiger partial charge >= 0.3 is 0 Å². The molecule has 4 nitrogen and oxygen atoms in total. The van der Waals surface area contributed by atoms with Crippen LogP contribution in [0.1, 0.15) is 24.5 Å². The van der Waals surface area contributed by atoms with Crippen molar-refractivity contribution in [2.75, 3.05) is 32.8 Å². The van der Waals surface area contributed by atoms with Crippen LogP contribution in [0.25, 0.3) is 0 Å². The van der Waals surface area contributed by atoms with Crippen molar-refractivity contribution in [2.45, 2.75) is 18.9 Å². The lowest BCUT2D eigenvalue weighted by Crippen LogP contribution is -2.40. The van der Waals surface area contributed by atoms with Crippen LogP contribution in [0.15, 0.2) is 30.3 Å². The van der Waals surface area contributed by atoms with Gasteiger partial charge in [-0.25, -0.2) is 0 Å². The molecule has 0 saturated carbocycles. The van der Waals surface area contributed by atoms with Crippen LogP contribution in [0.5, 0.6) is 0 Å². The molecule has 3 aliphatic heterocycles.